The van der Waals surface area contributed by atoms with Gasteiger partial charge in [0.05, 0.1) is 25.6 Å². The highest BCUT2D eigenvalue weighted by Gasteiger charge is 2.40. The van der Waals surface area contributed by atoms with Crippen LogP contribution in [0.2, 0.25) is 0 Å². The van der Waals surface area contributed by atoms with Crippen molar-refractivity contribution in [3.05, 3.63) is 41.7 Å². The van der Waals surface area contributed by atoms with Gasteiger partial charge in [-0.05, 0) is 36.6 Å². The van der Waals surface area contributed by atoms with Crippen molar-refractivity contribution in [3.8, 4) is 5.75 Å². The van der Waals surface area contributed by atoms with E-state index in [1.807, 2.05) is 24.3 Å². The standard InChI is InChI=1S/C19H23FN2O3/c1-21-17(23)10-9-16(19(24)22-11-3-4-14(20)12-22)18(21)13-5-7-15(25-2)8-6-13/h4-8,16,18H,3,9-12H2,1-2H3. The van der Waals surface area contributed by atoms with Crippen LogP contribution < -0.4 is 4.74 Å². The number of hydrogen-bond acceptors (Lipinski definition) is 3. The summed E-state index contributed by atoms with van der Waals surface area (Å²) in [5, 5.41) is 0. The number of piperidine rings is 1. The van der Waals surface area contributed by atoms with Crippen LogP contribution in [0.25, 0.3) is 0 Å². The molecule has 1 aromatic carbocycles. The predicted molar refractivity (Wildman–Crippen MR) is 91.6 cm³/mol. The molecule has 2 unspecified atom stereocenters. The molecule has 0 saturated carbocycles. The maximum Gasteiger partial charge on any atom is 0.228 e. The number of benzene rings is 1. The van der Waals surface area contributed by atoms with Gasteiger partial charge in [-0.1, -0.05) is 12.1 Å². The van der Waals surface area contributed by atoms with E-state index in [4.69, 9.17) is 4.74 Å². The molecule has 2 atom stereocenters. The summed E-state index contributed by atoms with van der Waals surface area (Å²) in [6.07, 6.45) is 2.89. The molecule has 2 amide bonds. The van der Waals surface area contributed by atoms with Crippen LogP contribution in [0.15, 0.2) is 36.2 Å². The van der Waals surface area contributed by atoms with Gasteiger partial charge in [0.25, 0.3) is 0 Å². The lowest BCUT2D eigenvalue weighted by Crippen LogP contribution is -2.48. The molecule has 0 aliphatic carbocycles. The quantitative estimate of drug-likeness (QED) is 0.845. The van der Waals surface area contributed by atoms with Gasteiger partial charge < -0.3 is 14.5 Å². The average molecular weight is 346 g/mol. The number of likely N-dealkylation sites (tertiary alicyclic amines) is 1. The van der Waals surface area contributed by atoms with E-state index in [0.29, 0.717) is 25.8 Å². The summed E-state index contributed by atoms with van der Waals surface area (Å²) in [5.41, 5.74) is 0.891. The van der Waals surface area contributed by atoms with E-state index in [1.165, 1.54) is 6.08 Å². The number of nitrogens with zero attached hydrogens (tertiary/aromatic N) is 2. The van der Waals surface area contributed by atoms with Gasteiger partial charge in [-0.3, -0.25) is 9.59 Å². The molecule has 0 spiro atoms. The van der Waals surface area contributed by atoms with Crippen LogP contribution in [0.5, 0.6) is 5.75 Å². The summed E-state index contributed by atoms with van der Waals surface area (Å²) in [5.74, 6) is 0.0421. The van der Waals surface area contributed by atoms with Crippen LogP contribution in [0.1, 0.15) is 30.9 Å². The molecule has 3 rings (SSSR count). The fourth-order valence-corrected chi connectivity index (χ4v) is 3.68. The molecule has 134 valence electrons. The van der Waals surface area contributed by atoms with E-state index in [2.05, 4.69) is 0 Å². The third kappa shape index (κ3) is 3.52. The Kier molecular flexibility index (Phi) is 5.06. The number of amides is 2. The van der Waals surface area contributed by atoms with Crippen LogP contribution in [0.4, 0.5) is 4.39 Å². The summed E-state index contributed by atoms with van der Waals surface area (Å²) in [6.45, 7) is 0.554. The lowest BCUT2D eigenvalue weighted by molar-refractivity contribution is -0.146. The van der Waals surface area contributed by atoms with Crippen molar-refractivity contribution in [2.75, 3.05) is 27.2 Å². The Balaban J connectivity index is 1.88. The van der Waals surface area contributed by atoms with Crippen molar-refractivity contribution >= 4 is 11.8 Å². The molecule has 6 heteroatoms. The van der Waals surface area contributed by atoms with E-state index >= 15 is 0 Å². The van der Waals surface area contributed by atoms with Crippen LogP contribution in [-0.2, 0) is 9.59 Å². The van der Waals surface area contributed by atoms with Gasteiger partial charge in [0.1, 0.15) is 11.6 Å². The van der Waals surface area contributed by atoms with Gasteiger partial charge >= 0.3 is 0 Å². The first-order chi connectivity index (χ1) is 12.0. The van der Waals surface area contributed by atoms with E-state index in [0.717, 1.165) is 11.3 Å². The Morgan fingerprint density at radius 2 is 2.00 bits per heavy atom. The first-order valence-corrected chi connectivity index (χ1v) is 8.54. The van der Waals surface area contributed by atoms with Crippen molar-refractivity contribution in [1.29, 1.82) is 0 Å². The van der Waals surface area contributed by atoms with E-state index in [1.54, 1.807) is 24.0 Å². The van der Waals surface area contributed by atoms with Crippen molar-refractivity contribution in [1.82, 2.24) is 9.80 Å². The van der Waals surface area contributed by atoms with Crippen molar-refractivity contribution in [3.63, 3.8) is 0 Å². The molecule has 1 saturated heterocycles. The average Bonchev–Trinajstić information content (AvgIpc) is 2.63. The Hall–Kier alpha value is -2.37. The molecule has 25 heavy (non-hydrogen) atoms. The number of ether oxygens (including phenoxy) is 1. The topological polar surface area (TPSA) is 49.9 Å². The van der Waals surface area contributed by atoms with Crippen LogP contribution >= 0.6 is 0 Å². The van der Waals surface area contributed by atoms with Crippen LogP contribution in [-0.4, -0.2) is 48.9 Å². The minimum Gasteiger partial charge on any atom is -0.497 e. The molecule has 0 aromatic heterocycles. The number of methoxy groups -OCH3 is 1. The minimum absolute atomic E-state index is 0.0228. The number of hydrogen-bond donors (Lipinski definition) is 0. The summed E-state index contributed by atoms with van der Waals surface area (Å²) < 4.78 is 18.8. The molecule has 0 radical (unpaired) electrons. The normalized spacial score (nSPS) is 24.1. The second kappa shape index (κ2) is 7.25. The second-order valence-corrected chi connectivity index (χ2v) is 6.57. The van der Waals surface area contributed by atoms with Gasteiger partial charge in [-0.15, -0.1) is 0 Å². The zero-order chi connectivity index (χ0) is 18.0. The Morgan fingerprint density at radius 1 is 1.28 bits per heavy atom. The molecule has 2 aliphatic heterocycles. The Morgan fingerprint density at radius 3 is 2.64 bits per heavy atom. The summed E-state index contributed by atoms with van der Waals surface area (Å²) in [7, 11) is 3.32. The maximum absolute atomic E-state index is 13.6. The smallest absolute Gasteiger partial charge is 0.228 e. The fourth-order valence-electron chi connectivity index (χ4n) is 3.68. The fraction of sp³-hybridized carbons (Fsp3) is 0.474. The van der Waals surface area contributed by atoms with E-state index in [-0.39, 0.29) is 36.1 Å². The lowest BCUT2D eigenvalue weighted by atomic mass is 9.83. The molecule has 0 N–H and O–H groups in total. The largest absolute Gasteiger partial charge is 0.497 e. The predicted octanol–water partition coefficient (Wildman–Crippen LogP) is 2.69. The second-order valence-electron chi connectivity index (χ2n) is 6.57. The monoisotopic (exact) mass is 346 g/mol. The minimum atomic E-state index is -0.359. The zero-order valence-electron chi connectivity index (χ0n) is 14.6. The third-order valence-electron chi connectivity index (χ3n) is 5.05. The van der Waals surface area contributed by atoms with Gasteiger partial charge in [0.2, 0.25) is 11.8 Å². The Bertz CT molecular complexity index is 686. The SMILES string of the molecule is COc1ccc(C2C(C(=O)N3CCC=C(F)C3)CCC(=O)N2C)cc1. The molecule has 0 bridgehead atoms. The van der Waals surface area contributed by atoms with Crippen molar-refractivity contribution < 1.29 is 18.7 Å². The number of carbonyl (C=O) groups excluding carboxylic acids is 2. The van der Waals surface area contributed by atoms with E-state index in [9.17, 15) is 14.0 Å². The first kappa shape index (κ1) is 17.5. The summed E-state index contributed by atoms with van der Waals surface area (Å²) in [6, 6.07) is 7.08. The maximum atomic E-state index is 13.6. The molecule has 1 fully saturated rings. The summed E-state index contributed by atoms with van der Waals surface area (Å²) in [4.78, 5) is 28.4. The van der Waals surface area contributed by atoms with Crippen molar-refractivity contribution in [2.45, 2.75) is 25.3 Å². The van der Waals surface area contributed by atoms with Gasteiger partial charge in [0.15, 0.2) is 0 Å². The van der Waals surface area contributed by atoms with E-state index < -0.39 is 0 Å². The molecule has 1 aromatic rings. The lowest BCUT2D eigenvalue weighted by Gasteiger charge is -2.41. The number of carbonyl (C=O) groups is 2. The van der Waals surface area contributed by atoms with Crippen molar-refractivity contribution in [2.24, 2.45) is 5.92 Å². The molecular weight excluding hydrogens is 323 g/mol. The molecule has 5 nitrogen and oxygen atoms in total. The number of rotatable bonds is 3. The molecule has 2 aliphatic rings. The highest BCUT2D eigenvalue weighted by molar-refractivity contribution is 5.85. The first-order valence-electron chi connectivity index (χ1n) is 8.54. The van der Waals surface area contributed by atoms with Gasteiger partial charge in [-0.2, -0.15) is 0 Å². The molecule has 2 heterocycles. The zero-order valence-corrected chi connectivity index (χ0v) is 14.6. The molecular formula is C19H23FN2O3. The highest BCUT2D eigenvalue weighted by atomic mass is 19.1. The highest BCUT2D eigenvalue weighted by Crippen LogP contribution is 2.37. The van der Waals surface area contributed by atoms with Gasteiger partial charge in [0, 0.05) is 20.0 Å². The van der Waals surface area contributed by atoms with Crippen LogP contribution in [0, 0.1) is 5.92 Å². The number of halogens is 1. The third-order valence-corrected chi connectivity index (χ3v) is 5.05. The summed E-state index contributed by atoms with van der Waals surface area (Å²) >= 11 is 0. The van der Waals surface area contributed by atoms with Gasteiger partial charge in [-0.25, -0.2) is 4.39 Å². The Labute approximate surface area is 147 Å². The van der Waals surface area contributed by atoms with Crippen LogP contribution in [0.3, 0.4) is 0 Å².